The second kappa shape index (κ2) is 9.12. The summed E-state index contributed by atoms with van der Waals surface area (Å²) in [4.78, 5) is 42.3. The highest BCUT2D eigenvalue weighted by molar-refractivity contribution is 6.05. The quantitative estimate of drug-likeness (QED) is 0.681. The Balaban J connectivity index is 1.27. The van der Waals surface area contributed by atoms with E-state index in [1.807, 2.05) is 30.0 Å². The Morgan fingerprint density at radius 3 is 2.63 bits per heavy atom. The molecule has 2 aromatic carbocycles. The highest BCUT2D eigenvalue weighted by Crippen LogP contribution is 2.33. The van der Waals surface area contributed by atoms with E-state index in [9.17, 15) is 19.6 Å². The number of benzene rings is 2. The van der Waals surface area contributed by atoms with Crippen LogP contribution in [-0.4, -0.2) is 59.7 Å². The summed E-state index contributed by atoms with van der Waals surface area (Å²) in [5.41, 5.74) is 4.23. The Kier molecular flexibility index (Phi) is 5.99. The molecule has 2 saturated heterocycles. The zero-order chi connectivity index (χ0) is 24.7. The minimum Gasteiger partial charge on any atom is -0.367 e. The standard InChI is InChI=1S/C26H26FN5O3/c1-16-17(13-28)3-2-4-18(16)14-30-7-9-31(10-8-30)23-11-19-15-32(26(35)20(19)12-21(23)27)22-5-6-24(33)29-25(22)34/h2-4,11-12,22H,5-10,14-15H2,1H3,(H,29,33,34). The maximum atomic E-state index is 15.1. The number of rotatable bonds is 4. The molecule has 0 bridgehead atoms. The van der Waals surface area contributed by atoms with Gasteiger partial charge in [0, 0.05) is 51.3 Å². The van der Waals surface area contributed by atoms with Gasteiger partial charge in [-0.25, -0.2) is 4.39 Å². The Morgan fingerprint density at radius 1 is 1.14 bits per heavy atom. The number of hydrogen-bond donors (Lipinski definition) is 1. The molecule has 2 aromatic rings. The SMILES string of the molecule is Cc1c(C#N)cccc1CN1CCN(c2cc3c(cc2F)C(=O)N(C2CCC(=O)NC2=O)C3)CC1. The molecule has 3 aliphatic rings. The van der Waals surface area contributed by atoms with E-state index in [1.54, 1.807) is 6.07 Å². The fourth-order valence-corrected chi connectivity index (χ4v) is 5.18. The first-order chi connectivity index (χ1) is 16.9. The van der Waals surface area contributed by atoms with E-state index in [-0.39, 0.29) is 36.8 Å². The molecule has 180 valence electrons. The number of anilines is 1. The molecular formula is C26H26FN5O3. The van der Waals surface area contributed by atoms with E-state index in [4.69, 9.17) is 0 Å². The Hall–Kier alpha value is -3.77. The van der Waals surface area contributed by atoms with Gasteiger partial charge in [-0.3, -0.25) is 24.6 Å². The molecule has 9 heteroatoms. The van der Waals surface area contributed by atoms with Crippen LogP contribution in [0.3, 0.4) is 0 Å². The average molecular weight is 476 g/mol. The lowest BCUT2D eigenvalue weighted by molar-refractivity contribution is -0.136. The predicted octanol–water partition coefficient (Wildman–Crippen LogP) is 2.09. The third kappa shape index (κ3) is 4.26. The molecule has 35 heavy (non-hydrogen) atoms. The van der Waals surface area contributed by atoms with Crippen LogP contribution >= 0.6 is 0 Å². The minimum absolute atomic E-state index is 0.181. The molecule has 5 rings (SSSR count). The van der Waals surface area contributed by atoms with Crippen molar-refractivity contribution >= 4 is 23.4 Å². The van der Waals surface area contributed by atoms with Crippen LogP contribution in [0.4, 0.5) is 10.1 Å². The number of halogens is 1. The number of nitrogens with one attached hydrogen (secondary N) is 1. The molecule has 3 heterocycles. The van der Waals surface area contributed by atoms with E-state index < -0.39 is 17.8 Å². The number of hydrogen-bond acceptors (Lipinski definition) is 6. The van der Waals surface area contributed by atoms with Crippen LogP contribution in [0.25, 0.3) is 0 Å². The largest absolute Gasteiger partial charge is 0.367 e. The lowest BCUT2D eigenvalue weighted by atomic mass is 10.0. The van der Waals surface area contributed by atoms with Crippen LogP contribution in [0.15, 0.2) is 30.3 Å². The Morgan fingerprint density at radius 2 is 1.91 bits per heavy atom. The van der Waals surface area contributed by atoms with Crippen molar-refractivity contribution in [2.24, 2.45) is 0 Å². The fourth-order valence-electron chi connectivity index (χ4n) is 5.18. The van der Waals surface area contributed by atoms with Crippen molar-refractivity contribution in [3.63, 3.8) is 0 Å². The summed E-state index contributed by atoms with van der Waals surface area (Å²) in [7, 11) is 0. The first-order valence-corrected chi connectivity index (χ1v) is 11.8. The van der Waals surface area contributed by atoms with Crippen molar-refractivity contribution in [1.82, 2.24) is 15.1 Å². The molecule has 0 spiro atoms. The van der Waals surface area contributed by atoms with Crippen LogP contribution < -0.4 is 10.2 Å². The van der Waals surface area contributed by atoms with Gasteiger partial charge in [0.2, 0.25) is 11.8 Å². The van der Waals surface area contributed by atoms with Gasteiger partial charge in [-0.1, -0.05) is 12.1 Å². The third-order valence-electron chi connectivity index (χ3n) is 7.26. The van der Waals surface area contributed by atoms with Crippen LogP contribution in [0.1, 0.15) is 45.5 Å². The second-order valence-corrected chi connectivity index (χ2v) is 9.33. The van der Waals surface area contributed by atoms with E-state index >= 15 is 4.39 Å². The lowest BCUT2D eigenvalue weighted by Gasteiger charge is -2.36. The summed E-state index contributed by atoms with van der Waals surface area (Å²) in [5, 5.41) is 11.6. The van der Waals surface area contributed by atoms with Gasteiger partial charge in [0.25, 0.3) is 5.91 Å². The van der Waals surface area contributed by atoms with E-state index in [0.717, 1.165) is 30.8 Å². The number of carbonyl (C=O) groups is 3. The van der Waals surface area contributed by atoms with E-state index in [0.29, 0.717) is 29.9 Å². The number of nitrogens with zero attached hydrogens (tertiary/aromatic N) is 4. The molecular weight excluding hydrogens is 449 g/mol. The summed E-state index contributed by atoms with van der Waals surface area (Å²) < 4.78 is 15.1. The van der Waals surface area contributed by atoms with Crippen molar-refractivity contribution in [3.8, 4) is 6.07 Å². The van der Waals surface area contributed by atoms with Gasteiger partial charge in [-0.15, -0.1) is 0 Å². The number of amides is 3. The second-order valence-electron chi connectivity index (χ2n) is 9.33. The number of fused-ring (bicyclic) bond motifs is 1. The topological polar surface area (TPSA) is 96.8 Å². The molecule has 3 amide bonds. The van der Waals surface area contributed by atoms with Crippen LogP contribution in [-0.2, 0) is 22.7 Å². The van der Waals surface area contributed by atoms with Gasteiger partial charge in [-0.05, 0) is 48.2 Å². The number of nitriles is 1. The van der Waals surface area contributed by atoms with Gasteiger partial charge in [0.15, 0.2) is 0 Å². The van der Waals surface area contributed by atoms with Crippen molar-refractivity contribution < 1.29 is 18.8 Å². The van der Waals surface area contributed by atoms with Gasteiger partial charge in [0.05, 0.1) is 17.3 Å². The van der Waals surface area contributed by atoms with Crippen molar-refractivity contribution in [3.05, 3.63) is 64.0 Å². The molecule has 1 unspecified atom stereocenters. The van der Waals surface area contributed by atoms with Crippen LogP contribution in [0.5, 0.6) is 0 Å². The molecule has 2 fully saturated rings. The minimum atomic E-state index is -0.717. The monoisotopic (exact) mass is 475 g/mol. The zero-order valence-corrected chi connectivity index (χ0v) is 19.5. The Labute approximate surface area is 202 Å². The molecule has 0 radical (unpaired) electrons. The van der Waals surface area contributed by atoms with Crippen LogP contribution in [0.2, 0.25) is 0 Å². The van der Waals surface area contributed by atoms with Gasteiger partial charge >= 0.3 is 0 Å². The number of piperazine rings is 1. The summed E-state index contributed by atoms with van der Waals surface area (Å²) in [6.07, 6.45) is 0.458. The first kappa shape index (κ1) is 23.0. The maximum absolute atomic E-state index is 15.1. The molecule has 0 aromatic heterocycles. The summed E-state index contributed by atoms with van der Waals surface area (Å²) in [6.45, 7) is 5.68. The maximum Gasteiger partial charge on any atom is 0.255 e. The molecule has 0 saturated carbocycles. The highest BCUT2D eigenvalue weighted by Gasteiger charge is 2.40. The molecule has 8 nitrogen and oxygen atoms in total. The normalized spacial score (nSPS) is 20.6. The fraction of sp³-hybridized carbons (Fsp3) is 0.385. The lowest BCUT2D eigenvalue weighted by Crippen LogP contribution is -2.52. The highest BCUT2D eigenvalue weighted by atomic mass is 19.1. The summed E-state index contributed by atoms with van der Waals surface area (Å²) >= 11 is 0. The number of carbonyl (C=O) groups excluding carboxylic acids is 3. The summed E-state index contributed by atoms with van der Waals surface area (Å²) in [6, 6.07) is 10.3. The first-order valence-electron chi connectivity index (χ1n) is 11.8. The van der Waals surface area contributed by atoms with Gasteiger partial charge < -0.3 is 9.80 Å². The van der Waals surface area contributed by atoms with Crippen molar-refractivity contribution in [1.29, 1.82) is 5.26 Å². The summed E-state index contributed by atoms with van der Waals surface area (Å²) in [5.74, 6) is -1.64. The number of piperidine rings is 1. The predicted molar refractivity (Wildman–Crippen MR) is 126 cm³/mol. The smallest absolute Gasteiger partial charge is 0.255 e. The average Bonchev–Trinajstić information content (AvgIpc) is 3.15. The molecule has 3 aliphatic heterocycles. The van der Waals surface area contributed by atoms with E-state index in [1.165, 1.54) is 11.0 Å². The molecule has 1 atom stereocenters. The van der Waals surface area contributed by atoms with Gasteiger partial charge in [-0.2, -0.15) is 5.26 Å². The zero-order valence-electron chi connectivity index (χ0n) is 19.5. The van der Waals surface area contributed by atoms with Gasteiger partial charge in [0.1, 0.15) is 11.9 Å². The van der Waals surface area contributed by atoms with Crippen molar-refractivity contribution in [2.45, 2.75) is 38.9 Å². The molecule has 1 N–H and O–H groups in total. The third-order valence-corrected chi connectivity index (χ3v) is 7.26. The number of imide groups is 1. The van der Waals surface area contributed by atoms with Crippen LogP contribution in [0, 0.1) is 24.1 Å². The van der Waals surface area contributed by atoms with E-state index in [2.05, 4.69) is 16.3 Å². The Bertz CT molecular complexity index is 1260. The molecule has 0 aliphatic carbocycles. The van der Waals surface area contributed by atoms with Crippen molar-refractivity contribution in [2.75, 3.05) is 31.1 Å².